The van der Waals surface area contributed by atoms with Gasteiger partial charge < -0.3 is 15.5 Å². The summed E-state index contributed by atoms with van der Waals surface area (Å²) < 4.78 is 0.496. The number of carbonyl (C=O) groups is 2. The number of aromatic nitrogens is 1. The van der Waals surface area contributed by atoms with Gasteiger partial charge in [0.2, 0.25) is 0 Å². The number of carboxylic acids is 1. The quantitative estimate of drug-likeness (QED) is 0.700. The predicted octanol–water partition coefficient (Wildman–Crippen LogP) is 0.410. The van der Waals surface area contributed by atoms with E-state index in [1.54, 1.807) is 12.1 Å². The van der Waals surface area contributed by atoms with Crippen LogP contribution in [0.3, 0.4) is 0 Å². The fraction of sp³-hybridized carbons (Fsp3) is 0.300. The second kappa shape index (κ2) is 5.24. The lowest BCUT2D eigenvalue weighted by molar-refractivity contribution is -0.155. The molecule has 1 amide bonds. The number of nitrogens with one attached hydrogen (secondary N) is 1. The van der Waals surface area contributed by atoms with Gasteiger partial charge in [-0.1, -0.05) is 6.07 Å². The van der Waals surface area contributed by atoms with Crippen LogP contribution in [0.4, 0.5) is 0 Å². The number of hydrogen-bond acceptors (Lipinski definition) is 4. The highest BCUT2D eigenvalue weighted by molar-refractivity contribution is 9.10. The van der Waals surface area contributed by atoms with E-state index in [9.17, 15) is 14.7 Å². The van der Waals surface area contributed by atoms with Gasteiger partial charge >= 0.3 is 5.97 Å². The first-order valence-electron chi connectivity index (χ1n) is 4.69. The van der Waals surface area contributed by atoms with E-state index in [1.165, 1.54) is 6.07 Å². The molecule has 0 saturated carbocycles. The van der Waals surface area contributed by atoms with Gasteiger partial charge in [0, 0.05) is 0 Å². The zero-order valence-corrected chi connectivity index (χ0v) is 10.6. The Bertz CT molecular complexity index is 448. The first-order valence-corrected chi connectivity index (χ1v) is 5.49. The molecule has 0 aromatic carbocycles. The molecule has 17 heavy (non-hydrogen) atoms. The molecule has 0 aliphatic heterocycles. The minimum atomic E-state index is -2.00. The van der Waals surface area contributed by atoms with Crippen molar-refractivity contribution in [2.45, 2.75) is 12.5 Å². The zero-order valence-electron chi connectivity index (χ0n) is 8.98. The molecule has 1 unspecified atom stereocenters. The van der Waals surface area contributed by atoms with Crippen molar-refractivity contribution in [2.24, 2.45) is 0 Å². The van der Waals surface area contributed by atoms with E-state index in [0.717, 1.165) is 6.92 Å². The fourth-order valence-corrected chi connectivity index (χ4v) is 1.30. The fourth-order valence-electron chi connectivity index (χ4n) is 0.953. The number of hydrogen-bond donors (Lipinski definition) is 3. The van der Waals surface area contributed by atoms with E-state index in [1.807, 2.05) is 0 Å². The van der Waals surface area contributed by atoms with Gasteiger partial charge in [-0.3, -0.25) is 4.79 Å². The number of pyridine rings is 1. The summed E-state index contributed by atoms with van der Waals surface area (Å²) >= 11 is 3.11. The third-order valence-corrected chi connectivity index (χ3v) is 2.44. The van der Waals surface area contributed by atoms with Crippen LogP contribution >= 0.6 is 15.9 Å². The summed E-state index contributed by atoms with van der Waals surface area (Å²) in [5.41, 5.74) is -1.86. The van der Waals surface area contributed by atoms with Crippen molar-refractivity contribution in [3.8, 4) is 0 Å². The van der Waals surface area contributed by atoms with Crippen molar-refractivity contribution < 1.29 is 19.8 Å². The van der Waals surface area contributed by atoms with Crippen LogP contribution in [-0.4, -0.2) is 39.2 Å². The number of nitrogens with zero attached hydrogens (tertiary/aromatic N) is 1. The topological polar surface area (TPSA) is 99.5 Å². The van der Waals surface area contributed by atoms with Gasteiger partial charge in [0.15, 0.2) is 5.60 Å². The minimum absolute atomic E-state index is 0.139. The lowest BCUT2D eigenvalue weighted by Gasteiger charge is -2.17. The maximum atomic E-state index is 11.6. The molecule has 1 aromatic rings. The first-order chi connectivity index (χ1) is 7.83. The van der Waals surface area contributed by atoms with Crippen molar-refractivity contribution in [3.05, 3.63) is 28.5 Å². The first kappa shape index (κ1) is 13.6. The largest absolute Gasteiger partial charge is 0.479 e. The van der Waals surface area contributed by atoms with Gasteiger partial charge in [-0.05, 0) is 35.0 Å². The van der Waals surface area contributed by atoms with E-state index < -0.39 is 24.0 Å². The highest BCUT2D eigenvalue weighted by Gasteiger charge is 2.30. The Kier molecular flexibility index (Phi) is 4.19. The van der Waals surface area contributed by atoms with E-state index in [0.29, 0.717) is 4.60 Å². The number of aliphatic hydroxyl groups is 1. The summed E-state index contributed by atoms with van der Waals surface area (Å²) in [6.07, 6.45) is 0. The molecule has 92 valence electrons. The lowest BCUT2D eigenvalue weighted by Crippen LogP contribution is -2.46. The number of aliphatic carboxylic acids is 1. The molecule has 7 heteroatoms. The van der Waals surface area contributed by atoms with Gasteiger partial charge in [0.1, 0.15) is 10.3 Å². The second-order valence-corrected chi connectivity index (χ2v) is 4.42. The molecule has 6 nitrogen and oxygen atoms in total. The molecule has 3 N–H and O–H groups in total. The summed E-state index contributed by atoms with van der Waals surface area (Å²) in [5, 5.41) is 20.3. The van der Waals surface area contributed by atoms with E-state index in [2.05, 4.69) is 26.2 Å². The SMILES string of the molecule is CC(O)(CNC(=O)c1cccc(Br)n1)C(=O)O. The highest BCUT2D eigenvalue weighted by Crippen LogP contribution is 2.07. The Morgan fingerprint density at radius 3 is 2.71 bits per heavy atom. The van der Waals surface area contributed by atoms with Crippen molar-refractivity contribution in [2.75, 3.05) is 6.54 Å². The van der Waals surface area contributed by atoms with Gasteiger partial charge in [0.05, 0.1) is 6.54 Å². The molecule has 0 fully saturated rings. The van der Waals surface area contributed by atoms with E-state index in [4.69, 9.17) is 5.11 Å². The van der Waals surface area contributed by atoms with Crippen LogP contribution < -0.4 is 5.32 Å². The van der Waals surface area contributed by atoms with Crippen molar-refractivity contribution in [3.63, 3.8) is 0 Å². The molecular weight excluding hydrogens is 292 g/mol. The monoisotopic (exact) mass is 302 g/mol. The lowest BCUT2D eigenvalue weighted by atomic mass is 10.1. The molecule has 0 spiro atoms. The highest BCUT2D eigenvalue weighted by atomic mass is 79.9. The maximum Gasteiger partial charge on any atom is 0.337 e. The Labute approximate surface area is 106 Å². The molecule has 0 aliphatic rings. The van der Waals surface area contributed by atoms with Crippen molar-refractivity contribution >= 4 is 27.8 Å². The van der Waals surface area contributed by atoms with Crippen LogP contribution in [-0.2, 0) is 4.79 Å². The normalized spacial score (nSPS) is 13.8. The third kappa shape index (κ3) is 3.79. The molecule has 1 aromatic heterocycles. The van der Waals surface area contributed by atoms with Crippen LogP contribution in [0.25, 0.3) is 0 Å². The molecule has 0 bridgehead atoms. The predicted molar refractivity (Wildman–Crippen MR) is 62.5 cm³/mol. The molecule has 0 saturated heterocycles. The minimum Gasteiger partial charge on any atom is -0.479 e. The Morgan fingerprint density at radius 2 is 2.18 bits per heavy atom. The summed E-state index contributed by atoms with van der Waals surface area (Å²) in [6, 6.07) is 4.76. The van der Waals surface area contributed by atoms with E-state index >= 15 is 0 Å². The number of carboxylic acid groups (broad SMARTS) is 1. The molecular formula is C10H11BrN2O4. The Balaban J connectivity index is 2.65. The van der Waals surface area contributed by atoms with Gasteiger partial charge in [-0.2, -0.15) is 0 Å². The van der Waals surface area contributed by atoms with E-state index in [-0.39, 0.29) is 5.69 Å². The second-order valence-electron chi connectivity index (χ2n) is 3.61. The number of carbonyl (C=O) groups excluding carboxylic acids is 1. The Morgan fingerprint density at radius 1 is 1.53 bits per heavy atom. The maximum absolute atomic E-state index is 11.6. The van der Waals surface area contributed by atoms with Crippen LogP contribution in [0.1, 0.15) is 17.4 Å². The summed E-state index contributed by atoms with van der Waals surface area (Å²) in [5.74, 6) is -1.95. The Hall–Kier alpha value is -1.47. The number of rotatable bonds is 4. The average molecular weight is 303 g/mol. The van der Waals surface area contributed by atoms with Crippen molar-refractivity contribution in [1.82, 2.24) is 10.3 Å². The van der Waals surface area contributed by atoms with Crippen LogP contribution in [0.2, 0.25) is 0 Å². The van der Waals surface area contributed by atoms with Gasteiger partial charge in [-0.25, -0.2) is 9.78 Å². The smallest absolute Gasteiger partial charge is 0.337 e. The average Bonchev–Trinajstić information content (AvgIpc) is 2.25. The van der Waals surface area contributed by atoms with Crippen LogP contribution in [0, 0.1) is 0 Å². The molecule has 1 atom stereocenters. The standard InChI is InChI=1S/C10H11BrN2O4/c1-10(17,9(15)16)5-12-8(14)6-3-2-4-7(11)13-6/h2-4,17H,5H2,1H3,(H,12,14)(H,15,16). The summed E-state index contributed by atoms with van der Waals surface area (Å²) in [7, 11) is 0. The third-order valence-electron chi connectivity index (χ3n) is 2.00. The summed E-state index contributed by atoms with van der Waals surface area (Å²) in [6.45, 7) is 0.708. The molecule has 0 aliphatic carbocycles. The summed E-state index contributed by atoms with van der Waals surface area (Å²) in [4.78, 5) is 26.1. The molecule has 1 heterocycles. The van der Waals surface area contributed by atoms with Crippen molar-refractivity contribution in [1.29, 1.82) is 0 Å². The van der Waals surface area contributed by atoms with Crippen LogP contribution in [0.15, 0.2) is 22.8 Å². The molecule has 1 rings (SSSR count). The van der Waals surface area contributed by atoms with Gasteiger partial charge in [0.25, 0.3) is 5.91 Å². The van der Waals surface area contributed by atoms with Crippen LogP contribution in [0.5, 0.6) is 0 Å². The number of halogens is 1. The number of amides is 1. The molecule has 0 radical (unpaired) electrons. The van der Waals surface area contributed by atoms with Gasteiger partial charge in [-0.15, -0.1) is 0 Å². The zero-order chi connectivity index (χ0) is 13.1.